The molecule has 2 fully saturated rings. The number of benzene rings is 1. The van der Waals surface area contributed by atoms with Crippen LogP contribution in [0.25, 0.3) is 0 Å². The monoisotopic (exact) mass is 280 g/mol. The molecular weight excluding hydrogens is 256 g/mol. The number of likely N-dealkylation sites (tertiary alicyclic amines) is 1. The van der Waals surface area contributed by atoms with Crippen molar-refractivity contribution in [1.29, 1.82) is 0 Å². The Kier molecular flexibility index (Phi) is 4.54. The number of halogens is 1. The molecule has 1 N–H and O–H groups in total. The van der Waals surface area contributed by atoms with Crippen LogP contribution in [0.4, 0.5) is 0 Å². The molecule has 2 aliphatic heterocycles. The summed E-state index contributed by atoms with van der Waals surface area (Å²) in [7, 11) is 0. The average molecular weight is 281 g/mol. The molecule has 2 saturated heterocycles. The van der Waals surface area contributed by atoms with Crippen LogP contribution < -0.4 is 5.32 Å². The third-order valence-electron chi connectivity index (χ3n) is 4.81. The summed E-state index contributed by atoms with van der Waals surface area (Å²) in [4.78, 5) is 2.65. The van der Waals surface area contributed by atoms with E-state index in [1.165, 1.54) is 48.4 Å². The van der Waals surface area contributed by atoms with Gasteiger partial charge < -0.3 is 5.32 Å². The number of nitrogens with zero attached hydrogens (tertiary/aromatic N) is 1. The molecule has 19 heavy (non-hydrogen) atoms. The van der Waals surface area contributed by atoms with Crippen molar-refractivity contribution in [2.24, 2.45) is 11.8 Å². The lowest BCUT2D eigenvalue weighted by Crippen LogP contribution is -2.25. The van der Waals surface area contributed by atoms with Gasteiger partial charge in [0.15, 0.2) is 0 Å². The fourth-order valence-corrected chi connectivity index (χ4v) is 3.51. The average Bonchev–Trinajstić information content (AvgIpc) is 2.86. The fourth-order valence-electron chi connectivity index (χ4n) is 3.51. The number of rotatable bonds is 2. The quantitative estimate of drug-likeness (QED) is 0.896. The zero-order valence-corrected chi connectivity index (χ0v) is 13.0. The van der Waals surface area contributed by atoms with E-state index in [1.807, 2.05) is 0 Å². The van der Waals surface area contributed by atoms with Crippen LogP contribution in [0.1, 0.15) is 22.3 Å². The van der Waals surface area contributed by atoms with Crippen LogP contribution in [0.5, 0.6) is 0 Å². The van der Waals surface area contributed by atoms with Crippen LogP contribution in [0.2, 0.25) is 0 Å². The van der Waals surface area contributed by atoms with Crippen molar-refractivity contribution in [2.45, 2.75) is 27.3 Å². The molecule has 0 unspecified atom stereocenters. The van der Waals surface area contributed by atoms with Crippen LogP contribution in [0.15, 0.2) is 12.1 Å². The highest BCUT2D eigenvalue weighted by Gasteiger charge is 2.35. The topological polar surface area (TPSA) is 15.3 Å². The molecule has 0 radical (unpaired) electrons. The number of fused-ring (bicyclic) bond motifs is 1. The highest BCUT2D eigenvalue weighted by molar-refractivity contribution is 5.85. The smallest absolute Gasteiger partial charge is 0.0236 e. The molecule has 3 rings (SSSR count). The summed E-state index contributed by atoms with van der Waals surface area (Å²) in [6.45, 7) is 12.8. The van der Waals surface area contributed by atoms with Gasteiger partial charge in [0.1, 0.15) is 0 Å². The Bertz CT molecular complexity index is 446. The Labute approximate surface area is 123 Å². The minimum atomic E-state index is 0. The molecule has 0 amide bonds. The van der Waals surface area contributed by atoms with Gasteiger partial charge >= 0.3 is 0 Å². The van der Waals surface area contributed by atoms with Gasteiger partial charge in [0.2, 0.25) is 0 Å². The van der Waals surface area contributed by atoms with Gasteiger partial charge in [-0.15, -0.1) is 12.4 Å². The molecule has 1 aromatic rings. The maximum absolute atomic E-state index is 3.51. The van der Waals surface area contributed by atoms with Gasteiger partial charge in [0, 0.05) is 19.6 Å². The first-order chi connectivity index (χ1) is 8.63. The van der Waals surface area contributed by atoms with Crippen LogP contribution in [0, 0.1) is 32.6 Å². The predicted octanol–water partition coefficient (Wildman–Crippen LogP) is 2.68. The first-order valence-electron chi connectivity index (χ1n) is 7.13. The second-order valence-electron chi connectivity index (χ2n) is 6.24. The van der Waals surface area contributed by atoms with Gasteiger partial charge in [-0.25, -0.2) is 0 Å². The summed E-state index contributed by atoms with van der Waals surface area (Å²) >= 11 is 0. The van der Waals surface area contributed by atoms with Crippen molar-refractivity contribution in [2.75, 3.05) is 26.2 Å². The van der Waals surface area contributed by atoms with Crippen molar-refractivity contribution in [3.8, 4) is 0 Å². The maximum atomic E-state index is 3.51. The minimum Gasteiger partial charge on any atom is -0.316 e. The predicted molar refractivity (Wildman–Crippen MR) is 83.0 cm³/mol. The molecule has 0 aliphatic carbocycles. The SMILES string of the molecule is Cc1cc(C)c(CN2C[C@H]3CNC[C@H]3C2)cc1C.Cl. The first-order valence-corrected chi connectivity index (χ1v) is 7.13. The van der Waals surface area contributed by atoms with Gasteiger partial charge in [-0.2, -0.15) is 0 Å². The third-order valence-corrected chi connectivity index (χ3v) is 4.81. The lowest BCUT2D eigenvalue weighted by atomic mass is 10.0. The molecule has 0 spiro atoms. The highest BCUT2D eigenvalue weighted by atomic mass is 35.5. The Morgan fingerprint density at radius 1 is 1.00 bits per heavy atom. The van der Waals surface area contributed by atoms with Gasteiger partial charge in [0.05, 0.1) is 0 Å². The van der Waals surface area contributed by atoms with Crippen LogP contribution in [-0.4, -0.2) is 31.1 Å². The van der Waals surface area contributed by atoms with E-state index in [4.69, 9.17) is 0 Å². The number of hydrogen-bond acceptors (Lipinski definition) is 2. The normalized spacial score (nSPS) is 26.3. The van der Waals surface area contributed by atoms with Crippen molar-refractivity contribution in [3.05, 3.63) is 34.4 Å². The molecule has 2 aliphatic rings. The van der Waals surface area contributed by atoms with Crippen LogP contribution >= 0.6 is 12.4 Å². The maximum Gasteiger partial charge on any atom is 0.0236 e. The summed E-state index contributed by atoms with van der Waals surface area (Å²) in [6, 6.07) is 4.72. The van der Waals surface area contributed by atoms with Crippen molar-refractivity contribution >= 4 is 12.4 Å². The molecule has 0 bridgehead atoms. The Morgan fingerprint density at radius 2 is 1.58 bits per heavy atom. The Morgan fingerprint density at radius 3 is 2.21 bits per heavy atom. The number of hydrogen-bond donors (Lipinski definition) is 1. The zero-order chi connectivity index (χ0) is 12.7. The summed E-state index contributed by atoms with van der Waals surface area (Å²) in [5.41, 5.74) is 5.81. The molecule has 2 atom stereocenters. The summed E-state index contributed by atoms with van der Waals surface area (Å²) in [6.07, 6.45) is 0. The molecule has 1 aromatic carbocycles. The fraction of sp³-hybridized carbons (Fsp3) is 0.625. The van der Waals surface area contributed by atoms with Crippen LogP contribution in [-0.2, 0) is 6.54 Å². The molecular formula is C16H25ClN2. The van der Waals surface area contributed by atoms with Crippen molar-refractivity contribution < 1.29 is 0 Å². The van der Waals surface area contributed by atoms with Gasteiger partial charge in [-0.05, 0) is 68.0 Å². The van der Waals surface area contributed by atoms with E-state index in [2.05, 4.69) is 43.1 Å². The van der Waals surface area contributed by atoms with Gasteiger partial charge in [-0.3, -0.25) is 4.90 Å². The molecule has 2 heterocycles. The second-order valence-corrected chi connectivity index (χ2v) is 6.24. The highest BCUT2D eigenvalue weighted by Crippen LogP contribution is 2.28. The molecule has 106 valence electrons. The van der Waals surface area contributed by atoms with E-state index in [0.29, 0.717) is 0 Å². The van der Waals surface area contributed by atoms with E-state index in [9.17, 15) is 0 Å². The lowest BCUT2D eigenvalue weighted by molar-refractivity contribution is 0.305. The van der Waals surface area contributed by atoms with E-state index >= 15 is 0 Å². The molecule has 3 heteroatoms. The Balaban J connectivity index is 0.00000133. The summed E-state index contributed by atoms with van der Waals surface area (Å²) in [5.74, 6) is 1.80. The second kappa shape index (κ2) is 5.82. The largest absolute Gasteiger partial charge is 0.316 e. The summed E-state index contributed by atoms with van der Waals surface area (Å²) < 4.78 is 0. The standard InChI is InChI=1S/C16H24N2.ClH/c1-11-4-13(3)14(5-12(11)2)8-18-9-15-6-17-7-16(15)10-18;/h4-5,15-17H,6-10H2,1-3H3;1H/t15-,16+;. The van der Waals surface area contributed by atoms with Crippen molar-refractivity contribution in [1.82, 2.24) is 10.2 Å². The zero-order valence-electron chi connectivity index (χ0n) is 12.2. The first kappa shape index (κ1) is 14.8. The van der Waals surface area contributed by atoms with E-state index in [-0.39, 0.29) is 12.4 Å². The van der Waals surface area contributed by atoms with E-state index < -0.39 is 0 Å². The van der Waals surface area contributed by atoms with Crippen molar-refractivity contribution in [3.63, 3.8) is 0 Å². The lowest BCUT2D eigenvalue weighted by Gasteiger charge is -2.19. The molecule has 2 nitrogen and oxygen atoms in total. The molecule has 0 saturated carbocycles. The summed E-state index contributed by atoms with van der Waals surface area (Å²) in [5, 5.41) is 3.51. The number of nitrogens with one attached hydrogen (secondary N) is 1. The Hall–Kier alpha value is -0.570. The van der Waals surface area contributed by atoms with Crippen LogP contribution in [0.3, 0.4) is 0 Å². The van der Waals surface area contributed by atoms with E-state index in [1.54, 1.807) is 0 Å². The van der Waals surface area contributed by atoms with Gasteiger partial charge in [0.25, 0.3) is 0 Å². The minimum absolute atomic E-state index is 0. The third kappa shape index (κ3) is 2.96. The van der Waals surface area contributed by atoms with E-state index in [0.717, 1.165) is 18.4 Å². The number of aryl methyl sites for hydroxylation is 3. The van der Waals surface area contributed by atoms with Gasteiger partial charge in [-0.1, -0.05) is 12.1 Å². The molecule has 0 aromatic heterocycles.